The third-order valence-corrected chi connectivity index (χ3v) is 7.72. The van der Waals surface area contributed by atoms with Gasteiger partial charge in [0.25, 0.3) is 0 Å². The molecular formula is C28H30O4S. The second-order valence-corrected chi connectivity index (χ2v) is 10.6. The van der Waals surface area contributed by atoms with E-state index in [2.05, 4.69) is 0 Å². The molecule has 0 amide bonds. The third-order valence-electron chi connectivity index (χ3n) is 5.89. The Morgan fingerprint density at radius 2 is 1.27 bits per heavy atom. The summed E-state index contributed by atoms with van der Waals surface area (Å²) in [6.45, 7) is 5.70. The lowest BCUT2D eigenvalue weighted by atomic mass is 9.92. The first-order valence-electron chi connectivity index (χ1n) is 11.2. The molecule has 0 N–H and O–H groups in total. The van der Waals surface area contributed by atoms with E-state index in [1.165, 1.54) is 0 Å². The molecule has 33 heavy (non-hydrogen) atoms. The quantitative estimate of drug-likeness (QED) is 0.357. The average Bonchev–Trinajstić information content (AvgIpc) is 2.82. The van der Waals surface area contributed by atoms with Crippen LogP contribution < -0.4 is 0 Å². The van der Waals surface area contributed by atoms with Gasteiger partial charge < -0.3 is 0 Å². The van der Waals surface area contributed by atoms with E-state index in [1.807, 2.05) is 38.1 Å². The van der Waals surface area contributed by atoms with Gasteiger partial charge in [-0.15, -0.1) is 0 Å². The minimum Gasteiger partial charge on any atom is -0.294 e. The second-order valence-electron chi connectivity index (χ2n) is 8.53. The predicted octanol–water partition coefficient (Wildman–Crippen LogP) is 5.80. The van der Waals surface area contributed by atoms with Crippen molar-refractivity contribution in [3.63, 3.8) is 0 Å². The molecular weight excluding hydrogens is 432 g/mol. The Balaban J connectivity index is 1.86. The fraction of sp³-hybridized carbons (Fsp3) is 0.286. The van der Waals surface area contributed by atoms with E-state index < -0.39 is 15.8 Å². The van der Waals surface area contributed by atoms with Gasteiger partial charge in [0.1, 0.15) is 0 Å². The SMILES string of the molecule is CCC(=O)c1ccc(C(=O)C(CCc2ccc(C)cc2)CS(=O)(=O)c2ccc(C)cc2)cc1. The average molecular weight is 463 g/mol. The number of sulfone groups is 1. The summed E-state index contributed by atoms with van der Waals surface area (Å²) in [5.74, 6) is -1.15. The van der Waals surface area contributed by atoms with Gasteiger partial charge in [-0.1, -0.05) is 78.7 Å². The summed E-state index contributed by atoms with van der Waals surface area (Å²) in [7, 11) is -3.64. The summed E-state index contributed by atoms with van der Waals surface area (Å²) in [6.07, 6.45) is 1.41. The summed E-state index contributed by atoms with van der Waals surface area (Å²) < 4.78 is 26.3. The normalized spacial score (nSPS) is 12.3. The number of benzene rings is 3. The van der Waals surface area contributed by atoms with Gasteiger partial charge in [-0.25, -0.2) is 8.42 Å². The van der Waals surface area contributed by atoms with Crippen LogP contribution in [-0.4, -0.2) is 25.7 Å². The largest absolute Gasteiger partial charge is 0.294 e. The van der Waals surface area contributed by atoms with Crippen LogP contribution in [0, 0.1) is 19.8 Å². The molecule has 0 saturated heterocycles. The Morgan fingerprint density at radius 3 is 1.82 bits per heavy atom. The van der Waals surface area contributed by atoms with Crippen molar-refractivity contribution in [3.05, 3.63) is 101 Å². The van der Waals surface area contributed by atoms with Crippen LogP contribution in [0.3, 0.4) is 0 Å². The molecule has 4 nitrogen and oxygen atoms in total. The van der Waals surface area contributed by atoms with Crippen molar-refractivity contribution in [2.75, 3.05) is 5.75 Å². The fourth-order valence-corrected chi connectivity index (χ4v) is 5.34. The maximum atomic E-state index is 13.4. The van der Waals surface area contributed by atoms with Crippen LogP contribution in [0.15, 0.2) is 77.7 Å². The zero-order valence-corrected chi connectivity index (χ0v) is 20.2. The van der Waals surface area contributed by atoms with Gasteiger partial charge in [-0.3, -0.25) is 9.59 Å². The Bertz CT molecular complexity index is 1210. The number of ketones is 2. The zero-order valence-electron chi connectivity index (χ0n) is 19.4. The standard InChI is InChI=1S/C28H30O4S/c1-4-27(29)23-13-15-24(16-14-23)28(30)25(12-11-22-9-5-20(2)6-10-22)19-33(31,32)26-17-7-21(3)8-18-26/h5-10,13-18,25H,4,11-12,19H2,1-3H3. The third kappa shape index (κ3) is 6.48. The second kappa shape index (κ2) is 10.7. The monoisotopic (exact) mass is 462 g/mol. The number of aryl methyl sites for hydroxylation is 3. The number of Topliss-reactive ketones (excluding diaryl/α,β-unsaturated/α-hetero) is 2. The fourth-order valence-electron chi connectivity index (χ4n) is 3.75. The van der Waals surface area contributed by atoms with Crippen LogP contribution >= 0.6 is 0 Å². The van der Waals surface area contributed by atoms with E-state index in [1.54, 1.807) is 55.5 Å². The van der Waals surface area contributed by atoms with Crippen LogP contribution in [0.1, 0.15) is 57.2 Å². The minimum atomic E-state index is -3.64. The van der Waals surface area contributed by atoms with Gasteiger partial charge >= 0.3 is 0 Å². The lowest BCUT2D eigenvalue weighted by molar-refractivity contribution is 0.0924. The van der Waals surface area contributed by atoms with Crippen LogP contribution in [0.2, 0.25) is 0 Å². The highest BCUT2D eigenvalue weighted by atomic mass is 32.2. The van der Waals surface area contributed by atoms with E-state index in [4.69, 9.17) is 0 Å². The molecule has 3 aromatic carbocycles. The molecule has 5 heteroatoms. The zero-order chi connectivity index (χ0) is 24.0. The Morgan fingerprint density at radius 1 is 0.758 bits per heavy atom. The van der Waals surface area contributed by atoms with Crippen molar-refractivity contribution in [1.29, 1.82) is 0 Å². The maximum absolute atomic E-state index is 13.4. The van der Waals surface area contributed by atoms with Gasteiger partial charge in [0, 0.05) is 23.5 Å². The maximum Gasteiger partial charge on any atom is 0.179 e. The van der Waals surface area contributed by atoms with Crippen molar-refractivity contribution in [2.24, 2.45) is 5.92 Å². The lowest BCUT2D eigenvalue weighted by Gasteiger charge is -2.17. The molecule has 1 atom stereocenters. The first kappa shape index (κ1) is 24.6. The first-order valence-corrected chi connectivity index (χ1v) is 12.9. The van der Waals surface area contributed by atoms with E-state index in [9.17, 15) is 18.0 Å². The topological polar surface area (TPSA) is 68.3 Å². The number of carbonyl (C=O) groups excluding carboxylic acids is 2. The van der Waals surface area contributed by atoms with E-state index in [0.717, 1.165) is 16.7 Å². The minimum absolute atomic E-state index is 0.00636. The molecule has 0 fully saturated rings. The van der Waals surface area contributed by atoms with E-state index in [-0.39, 0.29) is 22.2 Å². The van der Waals surface area contributed by atoms with E-state index >= 15 is 0 Å². The summed E-state index contributed by atoms with van der Waals surface area (Å²) in [6, 6.07) is 21.3. The molecule has 3 rings (SSSR count). The molecule has 0 bridgehead atoms. The number of hydrogen-bond acceptors (Lipinski definition) is 4. The molecule has 3 aromatic rings. The molecule has 0 aromatic heterocycles. The Kier molecular flexibility index (Phi) is 7.98. The van der Waals surface area contributed by atoms with Gasteiger partial charge in [-0.2, -0.15) is 0 Å². The number of rotatable bonds is 10. The molecule has 0 aliphatic heterocycles. The molecule has 0 radical (unpaired) electrons. The van der Waals surface area contributed by atoms with Crippen LogP contribution in [0.4, 0.5) is 0 Å². The van der Waals surface area contributed by atoms with Crippen LogP contribution in [0.25, 0.3) is 0 Å². The number of hydrogen-bond donors (Lipinski definition) is 0. The highest BCUT2D eigenvalue weighted by Crippen LogP contribution is 2.23. The molecule has 1 unspecified atom stereocenters. The van der Waals surface area contributed by atoms with Gasteiger partial charge in [-0.05, 0) is 44.4 Å². The van der Waals surface area contributed by atoms with Crippen molar-refractivity contribution >= 4 is 21.4 Å². The van der Waals surface area contributed by atoms with Gasteiger partial charge in [0.05, 0.1) is 10.6 Å². The Hall–Kier alpha value is -3.05. The van der Waals surface area contributed by atoms with E-state index in [0.29, 0.717) is 30.4 Å². The molecule has 172 valence electrons. The molecule has 0 heterocycles. The Labute approximate surface area is 196 Å². The lowest BCUT2D eigenvalue weighted by Crippen LogP contribution is -2.25. The van der Waals surface area contributed by atoms with Crippen molar-refractivity contribution in [2.45, 2.75) is 44.9 Å². The summed E-state index contributed by atoms with van der Waals surface area (Å²) in [5.41, 5.74) is 4.17. The number of carbonyl (C=O) groups is 2. The summed E-state index contributed by atoms with van der Waals surface area (Å²) in [4.78, 5) is 25.5. The van der Waals surface area contributed by atoms with Gasteiger partial charge in [0.15, 0.2) is 21.4 Å². The first-order chi connectivity index (χ1) is 15.7. The van der Waals surface area contributed by atoms with Crippen LogP contribution in [0.5, 0.6) is 0 Å². The predicted molar refractivity (Wildman–Crippen MR) is 132 cm³/mol. The van der Waals surface area contributed by atoms with Crippen molar-refractivity contribution in [3.8, 4) is 0 Å². The smallest absolute Gasteiger partial charge is 0.179 e. The molecule has 0 aliphatic rings. The highest BCUT2D eigenvalue weighted by Gasteiger charge is 2.27. The highest BCUT2D eigenvalue weighted by molar-refractivity contribution is 7.91. The molecule has 0 spiro atoms. The van der Waals surface area contributed by atoms with Gasteiger partial charge in [0.2, 0.25) is 0 Å². The van der Waals surface area contributed by atoms with Crippen molar-refractivity contribution in [1.82, 2.24) is 0 Å². The summed E-state index contributed by atoms with van der Waals surface area (Å²) >= 11 is 0. The molecule has 0 saturated carbocycles. The van der Waals surface area contributed by atoms with Crippen LogP contribution in [-0.2, 0) is 16.3 Å². The summed E-state index contributed by atoms with van der Waals surface area (Å²) in [5, 5.41) is 0. The van der Waals surface area contributed by atoms with Crippen molar-refractivity contribution < 1.29 is 18.0 Å². The molecule has 0 aliphatic carbocycles.